The fraction of sp³-hybridized carbons (Fsp3) is 0.385. The Labute approximate surface area is 98.6 Å². The van der Waals surface area contributed by atoms with Gasteiger partial charge in [0.25, 0.3) is 0 Å². The zero-order valence-corrected chi connectivity index (χ0v) is 9.94. The average molecular weight is 239 g/mol. The number of rotatable bonds is 4. The van der Waals surface area contributed by atoms with Crippen LogP contribution in [0.2, 0.25) is 0 Å². The topological polar surface area (TPSA) is 25.2 Å². The van der Waals surface area contributed by atoms with E-state index in [0.29, 0.717) is 24.1 Å². The molecular weight excluding hydrogens is 224 g/mol. The highest BCUT2D eigenvalue weighted by Gasteiger charge is 2.17. The van der Waals surface area contributed by atoms with Crippen molar-refractivity contribution in [2.24, 2.45) is 0 Å². The Bertz CT molecular complexity index is 534. The van der Waals surface area contributed by atoms with Gasteiger partial charge in [-0.2, -0.15) is 0 Å². The van der Waals surface area contributed by atoms with E-state index < -0.39 is 11.6 Å². The highest BCUT2D eigenvalue weighted by atomic mass is 19.1. The summed E-state index contributed by atoms with van der Waals surface area (Å²) in [6.07, 6.45) is 0.663. The molecule has 2 rings (SSSR count). The lowest BCUT2D eigenvalue weighted by Gasteiger charge is -2.00. The maximum Gasteiger partial charge on any atom is 0.140 e. The van der Waals surface area contributed by atoms with Gasteiger partial charge in [0.15, 0.2) is 0 Å². The van der Waals surface area contributed by atoms with E-state index in [1.54, 1.807) is 0 Å². The summed E-state index contributed by atoms with van der Waals surface area (Å²) in [5.41, 5.74) is 1.10. The van der Waals surface area contributed by atoms with Gasteiger partial charge in [-0.25, -0.2) is 8.78 Å². The first-order valence-electron chi connectivity index (χ1n) is 5.77. The van der Waals surface area contributed by atoms with Crippen molar-refractivity contribution in [2.45, 2.75) is 26.8 Å². The minimum Gasteiger partial charge on any atom is -0.459 e. The van der Waals surface area contributed by atoms with Gasteiger partial charge >= 0.3 is 0 Å². The Morgan fingerprint density at radius 1 is 1.24 bits per heavy atom. The van der Waals surface area contributed by atoms with Gasteiger partial charge in [0, 0.05) is 17.7 Å². The summed E-state index contributed by atoms with van der Waals surface area (Å²) < 4.78 is 32.3. The van der Waals surface area contributed by atoms with Crippen molar-refractivity contribution in [3.63, 3.8) is 0 Å². The van der Waals surface area contributed by atoms with E-state index in [4.69, 9.17) is 4.42 Å². The molecule has 2 aromatic rings. The van der Waals surface area contributed by atoms with Crippen LogP contribution in [-0.2, 0) is 13.0 Å². The Kier molecular flexibility index (Phi) is 3.43. The zero-order valence-electron chi connectivity index (χ0n) is 9.94. The second kappa shape index (κ2) is 4.84. The third-order valence-electron chi connectivity index (χ3n) is 2.78. The number of nitrogens with one attached hydrogen (secondary N) is 1. The van der Waals surface area contributed by atoms with Crippen LogP contribution in [0.25, 0.3) is 11.0 Å². The van der Waals surface area contributed by atoms with Gasteiger partial charge in [0.1, 0.15) is 23.0 Å². The Balaban J connectivity index is 2.58. The van der Waals surface area contributed by atoms with Crippen molar-refractivity contribution in [3.05, 3.63) is 35.1 Å². The summed E-state index contributed by atoms with van der Waals surface area (Å²) in [5.74, 6) is -0.474. The predicted octanol–water partition coefficient (Wildman–Crippen LogP) is 3.38. The molecule has 1 N–H and O–H groups in total. The molecule has 0 fully saturated rings. The molecule has 2 nitrogen and oxygen atoms in total. The second-order valence-electron chi connectivity index (χ2n) is 3.90. The molecule has 92 valence electrons. The number of hydrogen-bond donors (Lipinski definition) is 1. The molecule has 0 saturated carbocycles. The summed E-state index contributed by atoms with van der Waals surface area (Å²) in [5, 5.41) is 3.53. The molecule has 0 unspecified atom stereocenters. The van der Waals surface area contributed by atoms with Crippen LogP contribution in [0.4, 0.5) is 8.78 Å². The second-order valence-corrected chi connectivity index (χ2v) is 3.90. The molecule has 1 heterocycles. The standard InChI is InChI=1S/C13H15F2NO/c1-3-9-12(7-16-4-2)17-11-6-8(14)5-10(15)13(9)11/h5-6,16H,3-4,7H2,1-2H3. The molecular formula is C13H15F2NO. The maximum absolute atomic E-state index is 13.7. The van der Waals surface area contributed by atoms with Gasteiger partial charge in [-0.15, -0.1) is 0 Å². The average Bonchev–Trinajstić information content (AvgIpc) is 2.63. The molecule has 1 aromatic carbocycles. The number of furan rings is 1. The van der Waals surface area contributed by atoms with E-state index >= 15 is 0 Å². The van der Waals surface area contributed by atoms with Crippen LogP contribution in [0.15, 0.2) is 16.5 Å². The summed E-state index contributed by atoms with van der Waals surface area (Å²) in [4.78, 5) is 0. The smallest absolute Gasteiger partial charge is 0.140 e. The highest BCUT2D eigenvalue weighted by Crippen LogP contribution is 2.29. The first-order chi connectivity index (χ1) is 8.17. The van der Waals surface area contributed by atoms with Crippen LogP contribution in [0.1, 0.15) is 25.2 Å². The van der Waals surface area contributed by atoms with E-state index in [9.17, 15) is 8.78 Å². The van der Waals surface area contributed by atoms with Crippen LogP contribution < -0.4 is 5.32 Å². The first kappa shape index (κ1) is 12.0. The molecule has 0 aliphatic heterocycles. The fourth-order valence-electron chi connectivity index (χ4n) is 2.01. The zero-order chi connectivity index (χ0) is 12.4. The molecule has 0 radical (unpaired) electrons. The van der Waals surface area contributed by atoms with E-state index in [-0.39, 0.29) is 5.58 Å². The van der Waals surface area contributed by atoms with E-state index in [1.165, 1.54) is 6.07 Å². The third kappa shape index (κ3) is 2.17. The van der Waals surface area contributed by atoms with Gasteiger partial charge in [0.05, 0.1) is 11.9 Å². The van der Waals surface area contributed by atoms with Gasteiger partial charge in [0.2, 0.25) is 0 Å². The molecule has 0 aliphatic carbocycles. The summed E-state index contributed by atoms with van der Waals surface area (Å²) >= 11 is 0. The Hall–Kier alpha value is -1.42. The normalized spacial score (nSPS) is 11.3. The number of aryl methyl sites for hydroxylation is 1. The van der Waals surface area contributed by atoms with Crippen LogP contribution in [-0.4, -0.2) is 6.54 Å². The van der Waals surface area contributed by atoms with Crippen LogP contribution >= 0.6 is 0 Å². The van der Waals surface area contributed by atoms with Crippen LogP contribution in [0.5, 0.6) is 0 Å². The Morgan fingerprint density at radius 2 is 2.00 bits per heavy atom. The molecule has 0 bridgehead atoms. The minimum absolute atomic E-state index is 0.284. The maximum atomic E-state index is 13.7. The molecule has 0 atom stereocenters. The first-order valence-corrected chi connectivity index (χ1v) is 5.77. The van der Waals surface area contributed by atoms with E-state index in [2.05, 4.69) is 5.32 Å². The van der Waals surface area contributed by atoms with Crippen molar-refractivity contribution < 1.29 is 13.2 Å². The van der Waals surface area contributed by atoms with Crippen LogP contribution in [0, 0.1) is 11.6 Å². The molecule has 1 aromatic heterocycles. The van der Waals surface area contributed by atoms with Crippen molar-refractivity contribution in [1.29, 1.82) is 0 Å². The third-order valence-corrected chi connectivity index (χ3v) is 2.78. The summed E-state index contributed by atoms with van der Waals surface area (Å²) in [7, 11) is 0. The molecule has 0 spiro atoms. The quantitative estimate of drug-likeness (QED) is 0.884. The number of hydrogen-bond acceptors (Lipinski definition) is 2. The SMILES string of the molecule is CCNCc1oc2cc(F)cc(F)c2c1CC. The lowest BCUT2D eigenvalue weighted by atomic mass is 10.1. The summed E-state index contributed by atoms with van der Waals surface area (Å²) in [6.45, 7) is 5.25. The Morgan fingerprint density at radius 3 is 2.65 bits per heavy atom. The van der Waals surface area contributed by atoms with Crippen molar-refractivity contribution in [3.8, 4) is 0 Å². The van der Waals surface area contributed by atoms with Crippen LogP contribution in [0.3, 0.4) is 0 Å². The van der Waals surface area contributed by atoms with Gasteiger partial charge < -0.3 is 9.73 Å². The fourth-order valence-corrected chi connectivity index (χ4v) is 2.01. The van der Waals surface area contributed by atoms with E-state index in [0.717, 1.165) is 18.2 Å². The molecule has 4 heteroatoms. The molecule has 0 aliphatic rings. The highest BCUT2D eigenvalue weighted by molar-refractivity contribution is 5.83. The van der Waals surface area contributed by atoms with E-state index in [1.807, 2.05) is 13.8 Å². The largest absolute Gasteiger partial charge is 0.459 e. The van der Waals surface area contributed by atoms with Gasteiger partial charge in [-0.3, -0.25) is 0 Å². The monoisotopic (exact) mass is 239 g/mol. The number of benzene rings is 1. The van der Waals surface area contributed by atoms with Gasteiger partial charge in [-0.1, -0.05) is 13.8 Å². The number of fused-ring (bicyclic) bond motifs is 1. The molecule has 0 amide bonds. The van der Waals surface area contributed by atoms with Gasteiger partial charge in [-0.05, 0) is 13.0 Å². The molecule has 17 heavy (non-hydrogen) atoms. The minimum atomic E-state index is -0.610. The molecule has 0 saturated heterocycles. The lowest BCUT2D eigenvalue weighted by molar-refractivity contribution is 0.511. The number of halogens is 2. The summed E-state index contributed by atoms with van der Waals surface area (Å²) in [6, 6.07) is 2.13. The predicted molar refractivity (Wildman–Crippen MR) is 62.9 cm³/mol. The lowest BCUT2D eigenvalue weighted by Crippen LogP contribution is -2.12. The van der Waals surface area contributed by atoms with Crippen molar-refractivity contribution in [2.75, 3.05) is 6.54 Å². The van der Waals surface area contributed by atoms with Crippen molar-refractivity contribution >= 4 is 11.0 Å². The van der Waals surface area contributed by atoms with Crippen molar-refractivity contribution in [1.82, 2.24) is 5.32 Å².